The number of hydrogen-bond donors (Lipinski definition) is 7. The fraction of sp³-hybridized carbons (Fsp3) is 0.833. The molecule has 4 fully saturated rings. The molecule has 4 aliphatic rings. The first-order valence-corrected chi connectivity index (χ1v) is 39.4. The number of carbonyl (C=O) groups excluding carboxylic acids is 13. The second-order valence-electron chi connectivity index (χ2n) is 33.5. The van der Waals surface area contributed by atoms with E-state index >= 15 is 33.6 Å². The number of aliphatic hydroxyl groups is 1. The minimum atomic E-state index is -1.65. The molecular weight excluding hydrogens is 1360 g/mol. The zero-order chi connectivity index (χ0) is 79.9. The van der Waals surface area contributed by atoms with Crippen molar-refractivity contribution in [1.82, 2.24) is 66.2 Å². The summed E-state index contributed by atoms with van der Waals surface area (Å²) in [7, 11) is 11.7. The van der Waals surface area contributed by atoms with Crippen LogP contribution in [0.1, 0.15) is 218 Å². The number of nitrogens with one attached hydrogen (secondary N) is 6. The maximum absolute atomic E-state index is 15.8. The first-order valence-electron chi connectivity index (χ1n) is 39.4. The Kier molecular flexibility index (Phi) is 37.3. The molecule has 2 heterocycles. The summed E-state index contributed by atoms with van der Waals surface area (Å²) >= 11 is 0. The summed E-state index contributed by atoms with van der Waals surface area (Å²) < 4.78 is 5.87. The first kappa shape index (κ1) is 91.4. The summed E-state index contributed by atoms with van der Waals surface area (Å²) in [6.07, 6.45) is 6.65. The van der Waals surface area contributed by atoms with E-state index in [-0.39, 0.29) is 92.3 Å². The van der Waals surface area contributed by atoms with Gasteiger partial charge in [0, 0.05) is 69.5 Å². The molecular formula is C78H137N13O15. The minimum Gasteiger partial charge on any atom is -0.391 e. The summed E-state index contributed by atoms with van der Waals surface area (Å²) in [5.41, 5.74) is 0. The molecule has 14 atom stereocenters. The van der Waals surface area contributed by atoms with Gasteiger partial charge in [0.1, 0.15) is 60.4 Å². The van der Waals surface area contributed by atoms with E-state index in [1.807, 2.05) is 69.2 Å². The van der Waals surface area contributed by atoms with Crippen molar-refractivity contribution < 1.29 is 72.2 Å². The molecule has 0 bridgehead atoms. The number of likely N-dealkylation sites (tertiary alicyclic amines) is 1. The molecule has 28 nitrogen and oxygen atoms in total. The van der Waals surface area contributed by atoms with Crippen molar-refractivity contribution >= 4 is 76.8 Å². The van der Waals surface area contributed by atoms with Crippen molar-refractivity contribution in [2.45, 2.75) is 291 Å². The van der Waals surface area contributed by atoms with E-state index in [2.05, 4.69) is 31.9 Å². The summed E-state index contributed by atoms with van der Waals surface area (Å²) in [4.78, 5) is 203. The number of piperidine rings is 1. The molecule has 28 heteroatoms. The quantitative estimate of drug-likeness (QED) is 0.0875. The SMILES string of the molecule is CNC(=O)C1CCC(CC[C@H]2C(=O)N(C)[C@@H](CC(C)C)C(=O)N[C@H](C(=O)N3CCCCC3)CC(=O)N[C@H](CC(C)C)C(=O)N(C)[C@@H](CC3CCCCC3)C(=O)N[C@@H](C(C)C)C(=O)N(C)[C@@H](CC(C)C)C(=O)N[C@@H]([C@@H](C)O)C(=O)N(C)CC(=O)N(C)[C@@H](CC(C)C)C(=O)N[C@@H](CC(C)C)C(=O)N2C)CC1OC. The predicted molar refractivity (Wildman–Crippen MR) is 405 cm³/mol. The molecule has 0 spiro atoms. The molecule has 2 aliphatic carbocycles. The average molecular weight is 1500 g/mol. The lowest BCUT2D eigenvalue weighted by molar-refractivity contribution is -0.151. The van der Waals surface area contributed by atoms with Crippen LogP contribution in [-0.2, 0) is 67.1 Å². The van der Waals surface area contributed by atoms with Gasteiger partial charge < -0.3 is 76.0 Å². The van der Waals surface area contributed by atoms with Gasteiger partial charge in [0.15, 0.2) is 0 Å². The fourth-order valence-corrected chi connectivity index (χ4v) is 15.6. The molecule has 604 valence electrons. The fourth-order valence-electron chi connectivity index (χ4n) is 15.6. The average Bonchev–Trinajstić information content (AvgIpc) is 0.814. The molecule has 3 unspecified atom stereocenters. The normalized spacial score (nSPS) is 28.4. The zero-order valence-electron chi connectivity index (χ0n) is 68.2. The number of methoxy groups -OCH3 is 1. The van der Waals surface area contributed by atoms with Gasteiger partial charge in [-0.3, -0.25) is 62.3 Å². The monoisotopic (exact) mass is 1500 g/mol. The molecule has 4 rings (SSSR count). The number of nitrogens with zero attached hydrogens (tertiary/aromatic N) is 7. The molecule has 13 amide bonds. The number of ether oxygens (including phenoxy) is 1. The highest BCUT2D eigenvalue weighted by Gasteiger charge is 2.45. The van der Waals surface area contributed by atoms with Crippen LogP contribution < -0.4 is 31.9 Å². The van der Waals surface area contributed by atoms with Crippen molar-refractivity contribution in [2.75, 3.05) is 76.1 Å². The molecule has 2 saturated heterocycles. The molecule has 106 heavy (non-hydrogen) atoms. The second kappa shape index (κ2) is 43.3. The van der Waals surface area contributed by atoms with Gasteiger partial charge in [-0.1, -0.05) is 115 Å². The highest BCUT2D eigenvalue weighted by molar-refractivity contribution is 6.00. The molecule has 2 aliphatic heterocycles. The van der Waals surface area contributed by atoms with Gasteiger partial charge in [-0.05, 0) is 144 Å². The van der Waals surface area contributed by atoms with Crippen LogP contribution in [0, 0.1) is 53.3 Å². The largest absolute Gasteiger partial charge is 0.391 e. The summed E-state index contributed by atoms with van der Waals surface area (Å²) in [5.74, 6) is -10.6. The first-order chi connectivity index (χ1) is 49.6. The van der Waals surface area contributed by atoms with E-state index in [1.54, 1.807) is 32.9 Å². The van der Waals surface area contributed by atoms with Crippen molar-refractivity contribution in [3.8, 4) is 0 Å². The third-order valence-corrected chi connectivity index (χ3v) is 22.0. The predicted octanol–water partition coefficient (Wildman–Crippen LogP) is 4.62. The highest BCUT2D eigenvalue weighted by Crippen LogP contribution is 2.36. The topological polar surface area (TPSA) is 346 Å². The molecule has 0 aromatic heterocycles. The minimum absolute atomic E-state index is 0.0107. The Balaban J connectivity index is 1.99. The van der Waals surface area contributed by atoms with E-state index in [9.17, 15) is 33.9 Å². The number of aliphatic hydroxyl groups excluding tert-OH is 1. The van der Waals surface area contributed by atoms with Crippen LogP contribution in [0.3, 0.4) is 0 Å². The molecule has 7 N–H and O–H groups in total. The van der Waals surface area contributed by atoms with Crippen molar-refractivity contribution in [3.05, 3.63) is 0 Å². The third-order valence-electron chi connectivity index (χ3n) is 22.0. The van der Waals surface area contributed by atoms with Crippen LogP contribution in [0.2, 0.25) is 0 Å². The lowest BCUT2D eigenvalue weighted by atomic mass is 9.77. The highest BCUT2D eigenvalue weighted by atomic mass is 16.5. The van der Waals surface area contributed by atoms with E-state index in [0.717, 1.165) is 43.4 Å². The van der Waals surface area contributed by atoms with Crippen LogP contribution in [0.5, 0.6) is 0 Å². The van der Waals surface area contributed by atoms with E-state index in [4.69, 9.17) is 4.74 Å². The Morgan fingerprint density at radius 1 is 0.481 bits per heavy atom. The van der Waals surface area contributed by atoms with E-state index in [0.29, 0.717) is 51.6 Å². The van der Waals surface area contributed by atoms with Gasteiger partial charge in [-0.15, -0.1) is 0 Å². The lowest BCUT2D eigenvalue weighted by Crippen LogP contribution is -2.62. The van der Waals surface area contributed by atoms with Crippen LogP contribution in [0.4, 0.5) is 0 Å². The van der Waals surface area contributed by atoms with Crippen LogP contribution in [0.25, 0.3) is 0 Å². The van der Waals surface area contributed by atoms with Crippen molar-refractivity contribution in [3.63, 3.8) is 0 Å². The Labute approximate surface area is 632 Å². The van der Waals surface area contributed by atoms with Crippen molar-refractivity contribution in [2.24, 2.45) is 53.3 Å². The number of rotatable bonds is 20. The van der Waals surface area contributed by atoms with Gasteiger partial charge in [0.25, 0.3) is 0 Å². The number of hydrogen-bond acceptors (Lipinski definition) is 15. The van der Waals surface area contributed by atoms with Crippen LogP contribution in [0.15, 0.2) is 0 Å². The summed E-state index contributed by atoms with van der Waals surface area (Å²) in [6.45, 7) is 23.4. The van der Waals surface area contributed by atoms with Gasteiger partial charge in [0.05, 0.1) is 31.1 Å². The molecule has 0 radical (unpaired) electrons. The standard InChI is InChI=1S/C78H137N13O15/c1-45(2)36-55-73(100)88(18)62(41-52-28-24-22-25-29-52)72(99)83-66(50(11)12)78(105)90(20)61(40-49(9)10)71(98)84-67(51(13)92)77(104)85(15)44-65(94)86(16)59(38-47(5)6)69(96)81-56(37-46(3)4)74(101)87(17)58(33-31-53-30-32-54(68(95)79-14)63(42-53)106-21)76(103)89(19)60(39-48(7)8)70(97)82-57(43-64(93)80-55)75(102)91-34-26-23-27-35-91/h45-63,66-67,92H,22-44H2,1-21H3,(H,79,95)(H,80,93)(H,81,96)(H,82,97)(H,83,99)(H,84,98)/t51-,53?,54?,55-,56+,57+,58+,59+,60+,61+,62+,63?,66+,67+/m1/s1. The smallest absolute Gasteiger partial charge is 0.248 e. The van der Waals surface area contributed by atoms with Crippen LogP contribution >= 0.6 is 0 Å². The molecule has 0 aromatic rings. The number of carbonyl (C=O) groups is 13. The third kappa shape index (κ3) is 26.7. The Morgan fingerprint density at radius 2 is 0.934 bits per heavy atom. The Hall–Kier alpha value is -6.97. The number of amides is 13. The Morgan fingerprint density at radius 3 is 1.43 bits per heavy atom. The zero-order valence-corrected chi connectivity index (χ0v) is 68.2. The maximum atomic E-state index is 15.8. The molecule has 2 saturated carbocycles. The van der Waals surface area contributed by atoms with Gasteiger partial charge in [-0.2, -0.15) is 0 Å². The second-order valence-corrected chi connectivity index (χ2v) is 33.5. The van der Waals surface area contributed by atoms with Gasteiger partial charge in [-0.25, -0.2) is 0 Å². The summed E-state index contributed by atoms with van der Waals surface area (Å²) in [5, 5.41) is 28.4. The lowest BCUT2D eigenvalue weighted by Gasteiger charge is -2.39. The van der Waals surface area contributed by atoms with Gasteiger partial charge in [0.2, 0.25) is 76.8 Å². The van der Waals surface area contributed by atoms with Gasteiger partial charge >= 0.3 is 0 Å². The number of likely N-dealkylation sites (N-methyl/N-ethyl adjacent to an activating group) is 6. The van der Waals surface area contributed by atoms with E-state index < -0.39 is 168 Å². The Bertz CT molecular complexity index is 2950. The van der Waals surface area contributed by atoms with E-state index in [1.165, 1.54) is 73.7 Å². The summed E-state index contributed by atoms with van der Waals surface area (Å²) in [6, 6.07) is -13.1. The maximum Gasteiger partial charge on any atom is 0.248 e. The van der Waals surface area contributed by atoms with Crippen molar-refractivity contribution in [1.29, 1.82) is 0 Å². The molecule has 0 aromatic carbocycles. The van der Waals surface area contributed by atoms with Crippen LogP contribution in [-0.4, -0.2) is 265 Å².